The molecule has 2 saturated heterocycles. The van der Waals surface area contributed by atoms with Crippen LogP contribution in [0.1, 0.15) is 37.8 Å². The molecule has 1 amide bonds. The average molecular weight is 349 g/mol. The summed E-state index contributed by atoms with van der Waals surface area (Å²) >= 11 is 0. The Morgan fingerprint density at radius 2 is 2.04 bits per heavy atom. The lowest BCUT2D eigenvalue weighted by Crippen LogP contribution is -2.58. The minimum absolute atomic E-state index is 0.212. The second kappa shape index (κ2) is 8.19. The number of carbonyl (C=O) groups excluding carboxylic acids is 1. The zero-order valence-corrected chi connectivity index (χ0v) is 15.7. The normalized spacial score (nSPS) is 20.4. The van der Waals surface area contributed by atoms with Crippen molar-refractivity contribution >= 4 is 6.09 Å². The maximum atomic E-state index is 11.6. The van der Waals surface area contributed by atoms with E-state index in [2.05, 4.69) is 21.2 Å². The summed E-state index contributed by atoms with van der Waals surface area (Å²) in [6.45, 7) is 7.55. The van der Waals surface area contributed by atoms with E-state index in [1.807, 2.05) is 31.9 Å². The van der Waals surface area contributed by atoms with Gasteiger partial charge in [-0.15, -0.1) is 0 Å². The van der Waals surface area contributed by atoms with Gasteiger partial charge in [0, 0.05) is 64.6 Å². The summed E-state index contributed by atoms with van der Waals surface area (Å²) in [5.41, 5.74) is 1.36. The number of hydrazine groups is 1. The summed E-state index contributed by atoms with van der Waals surface area (Å²) in [5, 5.41) is 9.29. The molecule has 0 N–H and O–H groups in total. The molecule has 1 aromatic rings. The first kappa shape index (κ1) is 18.2. The average Bonchev–Trinajstić information content (AvgIpc) is 3.00. The lowest BCUT2D eigenvalue weighted by Gasteiger charge is -2.48. The van der Waals surface area contributed by atoms with Gasteiger partial charge in [0.1, 0.15) is 0 Å². The van der Waals surface area contributed by atoms with E-state index < -0.39 is 0 Å². The number of amides is 1. The SMILES string of the molecule is CCOC(=O)N(C)CCC1CN(N2CCC(c3ccnn3C)CC2)C1. The van der Waals surface area contributed by atoms with Gasteiger partial charge in [-0.3, -0.25) is 4.68 Å². The molecule has 2 fully saturated rings. The molecular formula is C18H31N5O2. The van der Waals surface area contributed by atoms with Gasteiger partial charge < -0.3 is 9.64 Å². The van der Waals surface area contributed by atoms with Crippen LogP contribution < -0.4 is 0 Å². The predicted molar refractivity (Wildman–Crippen MR) is 96.1 cm³/mol. The van der Waals surface area contributed by atoms with Crippen LogP contribution in [-0.2, 0) is 11.8 Å². The fraction of sp³-hybridized carbons (Fsp3) is 0.778. The maximum absolute atomic E-state index is 11.6. The third-order valence-corrected chi connectivity index (χ3v) is 5.54. The van der Waals surface area contributed by atoms with Crippen molar-refractivity contribution in [3.05, 3.63) is 18.0 Å². The van der Waals surface area contributed by atoms with Crippen LogP contribution in [0.4, 0.5) is 4.79 Å². The van der Waals surface area contributed by atoms with Crippen molar-refractivity contribution in [2.75, 3.05) is 46.4 Å². The van der Waals surface area contributed by atoms with Gasteiger partial charge in [-0.25, -0.2) is 14.8 Å². The number of carbonyl (C=O) groups is 1. The van der Waals surface area contributed by atoms with E-state index in [0.29, 0.717) is 18.4 Å². The highest BCUT2D eigenvalue weighted by Crippen LogP contribution is 2.30. The first-order valence-electron chi connectivity index (χ1n) is 9.44. The Morgan fingerprint density at radius 3 is 2.64 bits per heavy atom. The van der Waals surface area contributed by atoms with E-state index in [-0.39, 0.29) is 6.09 Å². The zero-order valence-electron chi connectivity index (χ0n) is 15.7. The molecule has 7 heteroatoms. The van der Waals surface area contributed by atoms with Crippen LogP contribution in [0.25, 0.3) is 0 Å². The molecule has 3 rings (SSSR count). The summed E-state index contributed by atoms with van der Waals surface area (Å²) in [7, 11) is 3.85. The van der Waals surface area contributed by atoms with Crippen molar-refractivity contribution in [1.82, 2.24) is 24.7 Å². The quantitative estimate of drug-likeness (QED) is 0.785. The fourth-order valence-electron chi connectivity index (χ4n) is 3.89. The van der Waals surface area contributed by atoms with E-state index in [9.17, 15) is 4.79 Å². The lowest BCUT2D eigenvalue weighted by atomic mass is 9.93. The smallest absolute Gasteiger partial charge is 0.409 e. The van der Waals surface area contributed by atoms with Crippen LogP contribution in [0.3, 0.4) is 0 Å². The molecule has 0 aromatic carbocycles. The molecular weight excluding hydrogens is 318 g/mol. The van der Waals surface area contributed by atoms with Gasteiger partial charge in [0.25, 0.3) is 0 Å². The van der Waals surface area contributed by atoms with Crippen LogP contribution in [0.15, 0.2) is 12.3 Å². The third-order valence-electron chi connectivity index (χ3n) is 5.54. The van der Waals surface area contributed by atoms with E-state index in [4.69, 9.17) is 4.74 Å². The van der Waals surface area contributed by atoms with E-state index in [1.165, 1.54) is 18.5 Å². The van der Waals surface area contributed by atoms with Crippen LogP contribution in [0, 0.1) is 5.92 Å². The van der Waals surface area contributed by atoms with Gasteiger partial charge in [0.05, 0.1) is 6.61 Å². The molecule has 0 aliphatic carbocycles. The van der Waals surface area contributed by atoms with Gasteiger partial charge >= 0.3 is 6.09 Å². The topological polar surface area (TPSA) is 53.8 Å². The molecule has 3 heterocycles. The van der Waals surface area contributed by atoms with Crippen LogP contribution in [0.2, 0.25) is 0 Å². The minimum atomic E-state index is -0.212. The number of hydrogen-bond acceptors (Lipinski definition) is 5. The first-order valence-corrected chi connectivity index (χ1v) is 9.44. The Hall–Kier alpha value is -1.60. The number of ether oxygens (including phenoxy) is 1. The van der Waals surface area contributed by atoms with Crippen molar-refractivity contribution in [3.8, 4) is 0 Å². The van der Waals surface area contributed by atoms with Crippen molar-refractivity contribution < 1.29 is 9.53 Å². The Bertz CT molecular complexity index is 562. The summed E-state index contributed by atoms with van der Waals surface area (Å²) in [6.07, 6.45) is 5.14. The first-order chi connectivity index (χ1) is 12.1. The van der Waals surface area contributed by atoms with Crippen molar-refractivity contribution in [2.45, 2.75) is 32.1 Å². The molecule has 0 saturated carbocycles. The predicted octanol–water partition coefficient (Wildman–Crippen LogP) is 1.92. The molecule has 140 valence electrons. The highest BCUT2D eigenvalue weighted by molar-refractivity contribution is 5.67. The second-order valence-corrected chi connectivity index (χ2v) is 7.25. The van der Waals surface area contributed by atoms with Crippen LogP contribution >= 0.6 is 0 Å². The lowest BCUT2D eigenvalue weighted by molar-refractivity contribution is -0.119. The third kappa shape index (κ3) is 4.33. The van der Waals surface area contributed by atoms with Gasteiger partial charge in [-0.05, 0) is 38.2 Å². The number of rotatable bonds is 6. The molecule has 25 heavy (non-hydrogen) atoms. The Balaban J connectivity index is 1.34. The summed E-state index contributed by atoms with van der Waals surface area (Å²) in [6, 6.07) is 2.15. The number of aromatic nitrogens is 2. The van der Waals surface area contributed by atoms with Gasteiger partial charge in [-0.2, -0.15) is 5.10 Å². The Morgan fingerprint density at radius 1 is 1.32 bits per heavy atom. The maximum Gasteiger partial charge on any atom is 0.409 e. The molecule has 1 aromatic heterocycles. The van der Waals surface area contributed by atoms with Crippen molar-refractivity contribution in [2.24, 2.45) is 13.0 Å². The molecule has 7 nitrogen and oxygen atoms in total. The molecule has 2 aliphatic heterocycles. The number of aryl methyl sites for hydroxylation is 1. The van der Waals surface area contributed by atoms with Crippen LogP contribution in [0.5, 0.6) is 0 Å². The van der Waals surface area contributed by atoms with Crippen LogP contribution in [-0.4, -0.2) is 77.2 Å². The monoisotopic (exact) mass is 349 g/mol. The minimum Gasteiger partial charge on any atom is -0.450 e. The Kier molecular flexibility index (Phi) is 5.96. The highest BCUT2D eigenvalue weighted by atomic mass is 16.5. The van der Waals surface area contributed by atoms with E-state index >= 15 is 0 Å². The molecule has 0 atom stereocenters. The van der Waals surface area contributed by atoms with Crippen molar-refractivity contribution in [1.29, 1.82) is 0 Å². The van der Waals surface area contributed by atoms with Gasteiger partial charge in [0.15, 0.2) is 0 Å². The largest absolute Gasteiger partial charge is 0.450 e. The van der Waals surface area contributed by atoms with Crippen molar-refractivity contribution in [3.63, 3.8) is 0 Å². The summed E-state index contributed by atoms with van der Waals surface area (Å²) in [4.78, 5) is 13.3. The van der Waals surface area contributed by atoms with E-state index in [0.717, 1.165) is 39.1 Å². The molecule has 0 radical (unpaired) electrons. The van der Waals surface area contributed by atoms with Gasteiger partial charge in [0.2, 0.25) is 0 Å². The second-order valence-electron chi connectivity index (χ2n) is 7.25. The fourth-order valence-corrected chi connectivity index (χ4v) is 3.89. The van der Waals surface area contributed by atoms with Gasteiger partial charge in [-0.1, -0.05) is 0 Å². The molecule has 0 spiro atoms. The standard InChI is InChI=1S/C18H31N5O2/c1-4-25-18(24)20(2)10-6-15-13-23(14-15)22-11-7-16(8-12-22)17-5-9-19-21(17)3/h5,9,15-16H,4,6-8,10-14H2,1-3H3. The number of nitrogens with zero attached hydrogens (tertiary/aromatic N) is 5. The molecule has 0 bridgehead atoms. The van der Waals surface area contributed by atoms with E-state index in [1.54, 1.807) is 4.90 Å². The highest BCUT2D eigenvalue weighted by Gasteiger charge is 2.34. The molecule has 2 aliphatic rings. The number of piperidine rings is 1. The zero-order chi connectivity index (χ0) is 17.8. The summed E-state index contributed by atoms with van der Waals surface area (Å²) < 4.78 is 7.03. The summed E-state index contributed by atoms with van der Waals surface area (Å²) in [5.74, 6) is 1.32. The molecule has 0 unspecified atom stereocenters. The Labute approximate surface area is 150 Å². The number of hydrogen-bond donors (Lipinski definition) is 0.